The summed E-state index contributed by atoms with van der Waals surface area (Å²) in [6.07, 6.45) is 3.33. The Labute approximate surface area is 118 Å². The molecule has 0 aromatic heterocycles. The van der Waals surface area contributed by atoms with E-state index in [0.29, 0.717) is 0 Å². The Morgan fingerprint density at radius 1 is 1.44 bits per heavy atom. The van der Waals surface area contributed by atoms with Crippen LogP contribution in [-0.4, -0.2) is 11.5 Å². The second-order valence-corrected chi connectivity index (χ2v) is 5.43. The van der Waals surface area contributed by atoms with Crippen LogP contribution in [0.3, 0.4) is 0 Å². The lowest BCUT2D eigenvalue weighted by Crippen LogP contribution is -2.50. The molecular weight excluding hydrogens is 321 g/mol. The van der Waals surface area contributed by atoms with Gasteiger partial charge in [-0.25, -0.2) is 9.38 Å². The molecule has 1 heterocycles. The lowest BCUT2D eigenvalue weighted by atomic mass is 10.1. The van der Waals surface area contributed by atoms with Gasteiger partial charge in [0.25, 0.3) is 5.25 Å². The number of benzene rings is 1. The van der Waals surface area contributed by atoms with Crippen LogP contribution in [0.5, 0.6) is 0 Å². The molecule has 1 aliphatic rings. The zero-order chi connectivity index (χ0) is 13.2. The van der Waals surface area contributed by atoms with Gasteiger partial charge >= 0.3 is 0 Å². The van der Waals surface area contributed by atoms with Crippen LogP contribution >= 0.6 is 27.5 Å². The van der Waals surface area contributed by atoms with E-state index in [1.807, 2.05) is 6.92 Å². The Balaban J connectivity index is 2.06. The molecule has 6 heteroatoms. The summed E-state index contributed by atoms with van der Waals surface area (Å²) in [7, 11) is 0. The Bertz CT molecular complexity index is 489. The molecule has 0 saturated heterocycles. The van der Waals surface area contributed by atoms with Crippen LogP contribution in [0, 0.1) is 5.82 Å². The number of rotatable bonds is 3. The Morgan fingerprint density at radius 3 is 2.67 bits per heavy atom. The maximum atomic E-state index is 12.8. The van der Waals surface area contributed by atoms with Crippen LogP contribution in [0.25, 0.3) is 0 Å². The zero-order valence-corrected chi connectivity index (χ0v) is 12.0. The largest absolute Gasteiger partial charge is 0.341 e. The van der Waals surface area contributed by atoms with E-state index in [-0.39, 0.29) is 11.9 Å². The smallest absolute Gasteiger partial charge is 0.265 e. The number of hydrogen-bond donors (Lipinski definition) is 2. The number of hydrogen-bond acceptors (Lipinski definition) is 3. The lowest BCUT2D eigenvalue weighted by molar-refractivity contribution is 0.382. The maximum absolute atomic E-state index is 12.8. The third kappa shape index (κ3) is 3.31. The molecule has 0 radical (unpaired) electrons. The monoisotopic (exact) mass is 331 g/mol. The number of allylic oxidation sites excluding steroid dienone is 1. The fraction of sp³-hybridized carbons (Fsp3) is 0.250. The first-order valence-corrected chi connectivity index (χ1v) is 6.56. The topological polar surface area (TPSA) is 36.4 Å². The van der Waals surface area contributed by atoms with Gasteiger partial charge in [-0.05, 0) is 40.5 Å². The van der Waals surface area contributed by atoms with E-state index in [0.717, 1.165) is 10.0 Å². The molecule has 18 heavy (non-hydrogen) atoms. The number of halogens is 3. The van der Waals surface area contributed by atoms with Crippen molar-refractivity contribution in [3.05, 3.63) is 46.3 Å². The molecule has 0 spiro atoms. The predicted molar refractivity (Wildman–Crippen MR) is 75.2 cm³/mol. The van der Waals surface area contributed by atoms with Crippen LogP contribution < -0.4 is 10.6 Å². The van der Waals surface area contributed by atoms with E-state index < -0.39 is 5.25 Å². The van der Waals surface area contributed by atoms with Gasteiger partial charge in [0.2, 0.25) is 0 Å². The molecule has 1 aromatic rings. The Morgan fingerprint density at radius 2 is 2.11 bits per heavy atom. The summed E-state index contributed by atoms with van der Waals surface area (Å²) >= 11 is 9.54. The molecule has 0 fully saturated rings. The maximum Gasteiger partial charge on any atom is 0.265 e. The van der Waals surface area contributed by atoms with Crippen LogP contribution in [0.2, 0.25) is 0 Å². The van der Waals surface area contributed by atoms with Gasteiger partial charge in [0, 0.05) is 18.5 Å². The van der Waals surface area contributed by atoms with Gasteiger partial charge in [0.05, 0.1) is 4.48 Å². The van der Waals surface area contributed by atoms with Crippen LogP contribution in [0.4, 0.5) is 4.39 Å². The molecule has 2 atom stereocenters. The van der Waals surface area contributed by atoms with Crippen molar-refractivity contribution in [3.63, 3.8) is 0 Å². The molecule has 2 N–H and O–H groups in total. The minimum atomic E-state index is -1.08. The standard InChI is InChI=1S/C12H12BrClFN3/c1-8(9-2-4-11(15)5-3-9)18-12(14)16-6-10(13)7-17-12/h2-8,16,18H,1H3. The van der Waals surface area contributed by atoms with E-state index in [1.165, 1.54) is 12.1 Å². The van der Waals surface area contributed by atoms with Crippen molar-refractivity contribution in [2.45, 2.75) is 18.2 Å². The van der Waals surface area contributed by atoms with Gasteiger partial charge in [0.1, 0.15) is 5.82 Å². The summed E-state index contributed by atoms with van der Waals surface area (Å²) in [5.41, 5.74) is 0.932. The number of nitrogens with zero attached hydrogens (tertiary/aromatic N) is 1. The summed E-state index contributed by atoms with van der Waals surface area (Å²) < 4.78 is 13.6. The highest BCUT2D eigenvalue weighted by molar-refractivity contribution is 9.12. The minimum absolute atomic E-state index is 0.0713. The van der Waals surface area contributed by atoms with Crippen LogP contribution in [-0.2, 0) is 0 Å². The zero-order valence-electron chi connectivity index (χ0n) is 9.62. The molecule has 2 unspecified atom stereocenters. The summed E-state index contributed by atoms with van der Waals surface area (Å²) in [5, 5.41) is 4.97. The van der Waals surface area contributed by atoms with Gasteiger partial charge in [-0.15, -0.1) is 0 Å². The Kier molecular flexibility index (Phi) is 4.04. The second-order valence-electron chi connectivity index (χ2n) is 3.97. The molecule has 96 valence electrons. The average Bonchev–Trinajstić information content (AvgIpc) is 2.34. The average molecular weight is 333 g/mol. The van der Waals surface area contributed by atoms with Crippen LogP contribution in [0.1, 0.15) is 18.5 Å². The van der Waals surface area contributed by atoms with Gasteiger partial charge in [-0.2, -0.15) is 0 Å². The fourth-order valence-electron chi connectivity index (χ4n) is 1.59. The summed E-state index contributed by atoms with van der Waals surface area (Å²) in [5.74, 6) is -0.257. The van der Waals surface area contributed by atoms with E-state index in [1.54, 1.807) is 24.5 Å². The van der Waals surface area contributed by atoms with Gasteiger partial charge in [0.15, 0.2) is 0 Å². The number of alkyl halides is 1. The quantitative estimate of drug-likeness (QED) is 0.658. The predicted octanol–water partition coefficient (Wildman–Crippen LogP) is 3.24. The first kappa shape index (κ1) is 13.5. The molecule has 1 aromatic carbocycles. The summed E-state index contributed by atoms with van der Waals surface area (Å²) in [6.45, 7) is 1.93. The molecular formula is C12H12BrClFN3. The highest BCUT2D eigenvalue weighted by Gasteiger charge is 2.28. The van der Waals surface area contributed by atoms with Crippen molar-refractivity contribution < 1.29 is 4.39 Å². The molecule has 2 rings (SSSR count). The molecule has 3 nitrogen and oxygen atoms in total. The third-order valence-electron chi connectivity index (χ3n) is 2.54. The van der Waals surface area contributed by atoms with E-state index in [2.05, 4.69) is 31.6 Å². The highest BCUT2D eigenvalue weighted by Crippen LogP contribution is 2.22. The van der Waals surface area contributed by atoms with Gasteiger partial charge < -0.3 is 5.32 Å². The van der Waals surface area contributed by atoms with Crippen molar-refractivity contribution in [1.82, 2.24) is 10.6 Å². The van der Waals surface area contributed by atoms with E-state index >= 15 is 0 Å². The molecule has 0 amide bonds. The number of aliphatic imine (C=N–C) groups is 1. The third-order valence-corrected chi connectivity index (χ3v) is 3.29. The molecule has 1 aliphatic heterocycles. The highest BCUT2D eigenvalue weighted by atomic mass is 79.9. The summed E-state index contributed by atoms with van der Waals surface area (Å²) in [6, 6.07) is 6.19. The number of nitrogens with one attached hydrogen (secondary N) is 2. The van der Waals surface area contributed by atoms with Crippen LogP contribution in [0.15, 0.2) is 39.9 Å². The van der Waals surface area contributed by atoms with Crippen molar-refractivity contribution >= 4 is 33.7 Å². The molecule has 0 aliphatic carbocycles. The Hall–Kier alpha value is -0.910. The lowest BCUT2D eigenvalue weighted by Gasteiger charge is -2.30. The van der Waals surface area contributed by atoms with Crippen molar-refractivity contribution in [2.75, 3.05) is 0 Å². The van der Waals surface area contributed by atoms with Crippen molar-refractivity contribution in [3.8, 4) is 0 Å². The first-order chi connectivity index (χ1) is 8.48. The van der Waals surface area contributed by atoms with Gasteiger partial charge in [-0.1, -0.05) is 23.7 Å². The van der Waals surface area contributed by atoms with E-state index in [9.17, 15) is 4.39 Å². The minimum Gasteiger partial charge on any atom is -0.341 e. The second kappa shape index (κ2) is 5.38. The van der Waals surface area contributed by atoms with Crippen molar-refractivity contribution in [1.29, 1.82) is 0 Å². The van der Waals surface area contributed by atoms with Crippen molar-refractivity contribution in [2.24, 2.45) is 4.99 Å². The molecule has 0 bridgehead atoms. The summed E-state index contributed by atoms with van der Waals surface area (Å²) in [4.78, 5) is 4.15. The first-order valence-electron chi connectivity index (χ1n) is 5.39. The molecule has 0 saturated carbocycles. The fourth-order valence-corrected chi connectivity index (χ4v) is 2.07. The van der Waals surface area contributed by atoms with Gasteiger partial charge in [-0.3, -0.25) is 5.32 Å². The SMILES string of the molecule is CC(NC1(Cl)N=CC(Br)=CN1)c1ccc(F)cc1. The normalized spacial score (nSPS) is 24.3. The van der Waals surface area contributed by atoms with E-state index in [4.69, 9.17) is 11.6 Å².